The van der Waals surface area contributed by atoms with E-state index in [1.54, 1.807) is 36.5 Å². The van der Waals surface area contributed by atoms with E-state index in [2.05, 4.69) is 4.98 Å². The van der Waals surface area contributed by atoms with Gasteiger partial charge in [-0.25, -0.2) is 0 Å². The number of benzene rings is 3. The molecule has 1 aliphatic rings. The van der Waals surface area contributed by atoms with Gasteiger partial charge in [0.1, 0.15) is 5.58 Å². The smallest absolute Gasteiger partial charge is 0.294 e. The minimum Gasteiger partial charge on any atom is -0.503 e. The fourth-order valence-electron chi connectivity index (χ4n) is 4.79. The molecule has 6 rings (SSSR count). The first-order valence-corrected chi connectivity index (χ1v) is 11.4. The number of furan rings is 1. The molecule has 0 saturated carbocycles. The number of H-pyrrole nitrogens is 1. The molecule has 0 saturated heterocycles. The molecule has 1 amide bonds. The molecule has 0 bridgehead atoms. The van der Waals surface area contributed by atoms with E-state index in [-0.39, 0.29) is 11.3 Å². The van der Waals surface area contributed by atoms with Gasteiger partial charge in [-0.15, -0.1) is 0 Å². The second-order valence-corrected chi connectivity index (χ2v) is 8.97. The van der Waals surface area contributed by atoms with E-state index in [0.29, 0.717) is 27.2 Å². The van der Waals surface area contributed by atoms with Gasteiger partial charge in [-0.05, 0) is 48.9 Å². The number of aromatic amines is 1. The van der Waals surface area contributed by atoms with Gasteiger partial charge in [0.15, 0.2) is 11.5 Å². The van der Waals surface area contributed by atoms with Crippen LogP contribution in [0.5, 0.6) is 0 Å². The average Bonchev–Trinajstić information content (AvgIpc) is 3.53. The topological polar surface area (TPSA) is 86.5 Å². The number of fused-ring (bicyclic) bond motifs is 2. The molecule has 0 spiro atoms. The number of anilines is 1. The van der Waals surface area contributed by atoms with Gasteiger partial charge in [0.25, 0.3) is 5.91 Å². The molecule has 3 aromatic carbocycles. The quantitative estimate of drug-likeness (QED) is 0.280. The number of aliphatic hydroxyl groups excluding tert-OH is 1. The van der Waals surface area contributed by atoms with Crippen LogP contribution in [0.25, 0.3) is 21.9 Å². The van der Waals surface area contributed by atoms with Crippen molar-refractivity contribution < 1.29 is 19.1 Å². The number of ketones is 1. The van der Waals surface area contributed by atoms with E-state index < -0.39 is 23.5 Å². The highest BCUT2D eigenvalue weighted by Crippen LogP contribution is 2.45. The second kappa shape index (κ2) is 7.89. The highest BCUT2D eigenvalue weighted by molar-refractivity contribution is 6.31. The van der Waals surface area contributed by atoms with Crippen LogP contribution < -0.4 is 4.90 Å². The first-order chi connectivity index (χ1) is 16.9. The van der Waals surface area contributed by atoms with Crippen LogP contribution in [0.2, 0.25) is 5.02 Å². The number of carbonyl (C=O) groups excluding carboxylic acids is 2. The molecule has 6 nitrogen and oxygen atoms in total. The lowest BCUT2D eigenvalue weighted by Gasteiger charge is -2.27. The van der Waals surface area contributed by atoms with Crippen LogP contribution in [0.3, 0.4) is 0 Å². The fraction of sp³-hybridized carbons (Fsp3) is 0.0714. The number of nitrogens with zero attached hydrogens (tertiary/aromatic N) is 1. The number of nitrogens with one attached hydrogen (secondary N) is 1. The summed E-state index contributed by atoms with van der Waals surface area (Å²) >= 11 is 6.09. The summed E-state index contributed by atoms with van der Waals surface area (Å²) in [6.07, 6.45) is 1.78. The molecule has 7 heteroatoms. The Labute approximate surface area is 205 Å². The maximum atomic E-state index is 13.8. The zero-order chi connectivity index (χ0) is 24.3. The molecule has 172 valence electrons. The second-order valence-electron chi connectivity index (χ2n) is 8.54. The van der Waals surface area contributed by atoms with Crippen molar-refractivity contribution in [2.75, 3.05) is 4.90 Å². The lowest BCUT2D eigenvalue weighted by Crippen LogP contribution is -2.31. The van der Waals surface area contributed by atoms with Crippen LogP contribution in [0.1, 0.15) is 27.7 Å². The third-order valence-corrected chi connectivity index (χ3v) is 6.68. The number of carbonyl (C=O) groups is 2. The summed E-state index contributed by atoms with van der Waals surface area (Å²) in [4.78, 5) is 32.0. The zero-order valence-corrected chi connectivity index (χ0v) is 19.3. The van der Waals surface area contributed by atoms with Crippen molar-refractivity contribution in [2.45, 2.75) is 13.0 Å². The Balaban J connectivity index is 1.56. The van der Waals surface area contributed by atoms with Crippen molar-refractivity contribution in [2.24, 2.45) is 0 Å². The largest absolute Gasteiger partial charge is 0.503 e. The lowest BCUT2D eigenvalue weighted by molar-refractivity contribution is -0.117. The Morgan fingerprint density at radius 3 is 2.66 bits per heavy atom. The molecule has 3 heterocycles. The van der Waals surface area contributed by atoms with Crippen LogP contribution >= 0.6 is 11.6 Å². The minimum absolute atomic E-state index is 0.0214. The summed E-state index contributed by atoms with van der Waals surface area (Å²) in [5, 5.41) is 13.1. The number of aromatic nitrogens is 1. The van der Waals surface area contributed by atoms with Crippen molar-refractivity contribution in [3.8, 4) is 0 Å². The van der Waals surface area contributed by atoms with E-state index in [1.807, 2.05) is 49.4 Å². The van der Waals surface area contributed by atoms with E-state index >= 15 is 0 Å². The van der Waals surface area contributed by atoms with Gasteiger partial charge in [-0.2, -0.15) is 0 Å². The van der Waals surface area contributed by atoms with E-state index in [9.17, 15) is 14.7 Å². The summed E-state index contributed by atoms with van der Waals surface area (Å²) in [6.45, 7) is 1.88. The lowest BCUT2D eigenvalue weighted by atomic mass is 9.94. The summed E-state index contributed by atoms with van der Waals surface area (Å²) in [6, 6.07) is 20.8. The minimum atomic E-state index is -0.857. The molecule has 2 aromatic heterocycles. The number of halogens is 1. The molecule has 2 N–H and O–H groups in total. The van der Waals surface area contributed by atoms with E-state index in [1.165, 1.54) is 4.90 Å². The number of amides is 1. The first kappa shape index (κ1) is 21.3. The monoisotopic (exact) mass is 482 g/mol. The number of hydrogen-bond acceptors (Lipinski definition) is 4. The molecule has 0 radical (unpaired) electrons. The zero-order valence-electron chi connectivity index (χ0n) is 18.6. The molecule has 1 aliphatic heterocycles. The van der Waals surface area contributed by atoms with Gasteiger partial charge in [0, 0.05) is 38.8 Å². The van der Waals surface area contributed by atoms with E-state index in [0.717, 1.165) is 16.5 Å². The number of para-hydroxylation sites is 2. The number of Topliss-reactive ketones (excluding diaryl/α,β-unsaturated/α-hetero) is 1. The van der Waals surface area contributed by atoms with Crippen LogP contribution in [-0.4, -0.2) is 21.8 Å². The van der Waals surface area contributed by atoms with Crippen LogP contribution in [0, 0.1) is 6.92 Å². The molecule has 0 fully saturated rings. The van der Waals surface area contributed by atoms with Gasteiger partial charge >= 0.3 is 0 Å². The summed E-state index contributed by atoms with van der Waals surface area (Å²) in [5.41, 5.74) is 3.46. The highest BCUT2D eigenvalue weighted by atomic mass is 35.5. The molecule has 1 unspecified atom stereocenters. The van der Waals surface area contributed by atoms with Gasteiger partial charge in [0.2, 0.25) is 5.78 Å². The van der Waals surface area contributed by atoms with E-state index in [4.69, 9.17) is 16.0 Å². The van der Waals surface area contributed by atoms with Crippen LogP contribution in [0.15, 0.2) is 94.7 Å². The SMILES string of the molecule is Cc1ccccc1N1C(=O)C(O)=C(C(=O)c2cc3cc(Cl)ccc3o2)C1c1c[nH]c2ccccc12. The van der Waals surface area contributed by atoms with Crippen molar-refractivity contribution in [3.63, 3.8) is 0 Å². The predicted octanol–water partition coefficient (Wildman–Crippen LogP) is 6.66. The predicted molar refractivity (Wildman–Crippen MR) is 135 cm³/mol. The van der Waals surface area contributed by atoms with Crippen molar-refractivity contribution in [1.29, 1.82) is 0 Å². The third kappa shape index (κ3) is 3.26. The van der Waals surface area contributed by atoms with Gasteiger partial charge < -0.3 is 14.5 Å². The molecule has 35 heavy (non-hydrogen) atoms. The number of aryl methyl sites for hydroxylation is 1. The van der Waals surface area contributed by atoms with Crippen molar-refractivity contribution in [1.82, 2.24) is 4.98 Å². The number of hydrogen-bond donors (Lipinski definition) is 2. The first-order valence-electron chi connectivity index (χ1n) is 11.1. The van der Waals surface area contributed by atoms with Crippen molar-refractivity contribution in [3.05, 3.63) is 112 Å². The number of rotatable bonds is 4. The summed E-state index contributed by atoms with van der Waals surface area (Å²) in [7, 11) is 0. The Kier molecular flexibility index (Phi) is 4.79. The van der Waals surface area contributed by atoms with Crippen LogP contribution in [-0.2, 0) is 4.79 Å². The molecule has 5 aromatic rings. The molecule has 1 atom stereocenters. The normalized spacial score (nSPS) is 16.1. The number of aliphatic hydroxyl groups is 1. The molecular formula is C28H19ClN2O4. The Morgan fingerprint density at radius 2 is 1.83 bits per heavy atom. The Bertz CT molecular complexity index is 1690. The maximum Gasteiger partial charge on any atom is 0.294 e. The van der Waals surface area contributed by atoms with Crippen LogP contribution in [0.4, 0.5) is 5.69 Å². The van der Waals surface area contributed by atoms with Crippen molar-refractivity contribution >= 4 is 50.9 Å². The highest BCUT2D eigenvalue weighted by Gasteiger charge is 2.46. The van der Waals surface area contributed by atoms with Gasteiger partial charge in [0.05, 0.1) is 11.6 Å². The summed E-state index contributed by atoms with van der Waals surface area (Å²) < 4.78 is 5.81. The fourth-order valence-corrected chi connectivity index (χ4v) is 4.97. The third-order valence-electron chi connectivity index (χ3n) is 6.45. The molecular weight excluding hydrogens is 464 g/mol. The maximum absolute atomic E-state index is 13.8. The Morgan fingerprint density at radius 1 is 1.06 bits per heavy atom. The summed E-state index contributed by atoms with van der Waals surface area (Å²) in [5.74, 6) is -1.77. The average molecular weight is 483 g/mol. The molecule has 0 aliphatic carbocycles. The standard InChI is InChI=1S/C28H19ClN2O4/c1-15-6-2-5-9-21(15)31-25(19-14-30-20-8-4-3-7-18(19)20)24(27(33)28(31)34)26(32)23-13-16-12-17(29)10-11-22(16)35-23/h2-14,25,30,33H,1H3. The van der Waals surface area contributed by atoms with Gasteiger partial charge in [-0.1, -0.05) is 48.0 Å². The van der Waals surface area contributed by atoms with Gasteiger partial charge in [-0.3, -0.25) is 14.5 Å². The Hall–Kier alpha value is -4.29.